The topological polar surface area (TPSA) is 46.2 Å². The molecule has 0 aliphatic carbocycles. The summed E-state index contributed by atoms with van der Waals surface area (Å²) in [7, 11) is -3.38. The van der Waals surface area contributed by atoms with Gasteiger partial charge in [0, 0.05) is 12.8 Å². The predicted molar refractivity (Wildman–Crippen MR) is 225 cm³/mol. The summed E-state index contributed by atoms with van der Waals surface area (Å²) in [6, 6.07) is -1.78. The highest BCUT2D eigenvalue weighted by Gasteiger charge is 2.61. The van der Waals surface area contributed by atoms with Gasteiger partial charge in [0.25, 0.3) is 0 Å². The number of alkyl halides is 18. The molecule has 3 aromatic rings. The Kier molecular flexibility index (Phi) is 20.8. The van der Waals surface area contributed by atoms with Crippen molar-refractivity contribution in [2.24, 2.45) is 0 Å². The third-order valence-corrected chi connectivity index (χ3v) is 11.6. The molecule has 0 aromatic heterocycles. The molecule has 0 fully saturated rings. The molecule has 0 spiro atoms. The van der Waals surface area contributed by atoms with Crippen LogP contribution in [0.1, 0.15) is 145 Å². The van der Waals surface area contributed by atoms with Gasteiger partial charge in [0.1, 0.15) is 17.2 Å². The number of hydrogen-bond acceptors (Lipinski definition) is 5. The van der Waals surface area contributed by atoms with E-state index in [-0.39, 0.29) is 75.4 Å². The van der Waals surface area contributed by atoms with Gasteiger partial charge in [0.05, 0.1) is 65.2 Å². The molecule has 402 valence electrons. The smallest absolute Gasteiger partial charge is 0.490 e. The molecule has 0 heterocycles. The Morgan fingerprint density at radius 3 is 1.15 bits per heavy atom. The molecule has 3 aromatic carbocycles. The summed E-state index contributed by atoms with van der Waals surface area (Å²) in [5, 5.41) is 0. The van der Waals surface area contributed by atoms with Gasteiger partial charge < -0.3 is 23.4 Å². The monoisotopic (exact) mass is 1050 g/mol. The summed E-state index contributed by atoms with van der Waals surface area (Å²) >= 11 is 0. The van der Waals surface area contributed by atoms with E-state index >= 15 is 13.2 Å². The quantitative estimate of drug-likeness (QED) is 0.0278. The molecule has 0 bridgehead atoms. The molecular formula is C46H55BF18NO5+. The van der Waals surface area contributed by atoms with Gasteiger partial charge >= 0.3 is 44.4 Å². The number of halogens is 18. The minimum atomic E-state index is -5.80. The van der Waals surface area contributed by atoms with Crippen molar-refractivity contribution in [2.45, 2.75) is 155 Å². The second-order valence-electron chi connectivity index (χ2n) is 16.5. The molecule has 0 radical (unpaired) electrons. The molecule has 0 saturated heterocycles. The maximum absolute atomic E-state index is 15.9. The molecule has 0 aliphatic heterocycles. The Balaban J connectivity index is 2.74. The van der Waals surface area contributed by atoms with Crippen LogP contribution in [0.2, 0.25) is 0 Å². The number of hydrogen-bond donors (Lipinski definition) is 0. The van der Waals surface area contributed by atoms with Crippen LogP contribution < -0.4 is 14.0 Å². The molecule has 3 rings (SSSR count). The van der Waals surface area contributed by atoms with E-state index < -0.39 is 142 Å². The van der Waals surface area contributed by atoms with E-state index in [2.05, 4.69) is 0 Å². The maximum Gasteiger partial charge on any atom is 0.864 e. The van der Waals surface area contributed by atoms with Gasteiger partial charge in [-0.1, -0.05) is 53.4 Å². The molecule has 6 nitrogen and oxygen atoms in total. The van der Waals surface area contributed by atoms with E-state index in [4.69, 9.17) is 23.4 Å². The lowest BCUT2D eigenvalue weighted by Crippen LogP contribution is -2.70. The largest absolute Gasteiger partial charge is 0.864 e. The van der Waals surface area contributed by atoms with Crippen molar-refractivity contribution in [1.82, 2.24) is 0 Å². The van der Waals surface area contributed by atoms with E-state index in [0.717, 1.165) is 0 Å². The summed E-state index contributed by atoms with van der Waals surface area (Å²) in [5.41, 5.74) is -16.5. The lowest BCUT2D eigenvalue weighted by molar-refractivity contribution is -1.05. The van der Waals surface area contributed by atoms with Crippen molar-refractivity contribution >= 4 is 7.32 Å². The molecular weight excluding hydrogens is 999 g/mol. The first-order valence-electron chi connectivity index (χ1n) is 22.7. The van der Waals surface area contributed by atoms with Crippen LogP contribution in [0.4, 0.5) is 79.0 Å². The van der Waals surface area contributed by atoms with E-state index in [1.807, 2.05) is 13.8 Å². The summed E-state index contributed by atoms with van der Waals surface area (Å²) in [6.07, 6.45) is -31.6. The average Bonchev–Trinajstić information content (AvgIpc) is 3.25. The highest BCUT2D eigenvalue weighted by atomic mass is 19.4. The molecule has 71 heavy (non-hydrogen) atoms. The molecule has 2 unspecified atom stereocenters. The molecule has 0 aliphatic rings. The first-order valence-corrected chi connectivity index (χ1v) is 22.7. The van der Waals surface area contributed by atoms with Crippen molar-refractivity contribution in [3.63, 3.8) is 0 Å². The Morgan fingerprint density at radius 2 is 0.845 bits per heavy atom. The third kappa shape index (κ3) is 15.6. The Morgan fingerprint density at radius 1 is 0.451 bits per heavy atom. The summed E-state index contributed by atoms with van der Waals surface area (Å²) in [6.45, 7) is 8.90. The van der Waals surface area contributed by atoms with Gasteiger partial charge in [-0.2, -0.15) is 79.0 Å². The van der Waals surface area contributed by atoms with Crippen LogP contribution in [0.3, 0.4) is 0 Å². The van der Waals surface area contributed by atoms with Gasteiger partial charge in [-0.25, -0.2) is 0 Å². The fourth-order valence-corrected chi connectivity index (χ4v) is 8.58. The minimum Gasteiger partial charge on any atom is -0.490 e. The maximum atomic E-state index is 15.9. The molecule has 0 N–H and O–H groups in total. The second-order valence-corrected chi connectivity index (χ2v) is 16.5. The van der Waals surface area contributed by atoms with Gasteiger partial charge in [-0.15, -0.1) is 0 Å². The van der Waals surface area contributed by atoms with Gasteiger partial charge in [-0.3, -0.25) is 4.48 Å². The molecule has 0 amide bonds. The van der Waals surface area contributed by atoms with E-state index in [1.54, 1.807) is 13.8 Å². The van der Waals surface area contributed by atoms with Crippen LogP contribution in [-0.2, 0) is 52.3 Å². The number of nitrogens with zero attached hydrogens (tertiary/aromatic N) is 1. The van der Waals surface area contributed by atoms with Gasteiger partial charge in [0.15, 0.2) is 6.23 Å². The van der Waals surface area contributed by atoms with E-state index in [0.29, 0.717) is 38.5 Å². The highest BCUT2D eigenvalue weighted by molar-refractivity contribution is 6.39. The Bertz CT molecular complexity index is 2000. The number of unbranched alkanes of at least 4 members (excludes halogenated alkanes) is 6. The van der Waals surface area contributed by atoms with Crippen LogP contribution in [0.15, 0.2) is 48.5 Å². The van der Waals surface area contributed by atoms with Gasteiger partial charge in [-0.05, 0) is 88.1 Å². The minimum absolute atomic E-state index is 0.0331. The molecule has 0 saturated carbocycles. The van der Waals surface area contributed by atoms with Crippen molar-refractivity contribution in [3.8, 4) is 17.2 Å². The fourth-order valence-electron chi connectivity index (χ4n) is 8.58. The van der Waals surface area contributed by atoms with Crippen LogP contribution in [0.25, 0.3) is 0 Å². The summed E-state index contributed by atoms with van der Waals surface area (Å²) < 4.78 is 289. The second kappa shape index (κ2) is 24.2. The number of rotatable bonds is 25. The lowest BCUT2D eigenvalue weighted by Gasteiger charge is -2.56. The SMILES string of the molecule is CCCCCC[N+](CCCCCC)(C(CC)OCC)C(CC)(OCC)c1c(OB(Oc2cc(C(F)(F)F)cc(C(F)(F)F)c2)Oc2cc(C(F)(F)F)cc(C(F)(F)F)c2)cc(C(F)(F)F)cc1C(F)(F)F. The van der Waals surface area contributed by atoms with Crippen molar-refractivity contribution < 1.29 is 107 Å². The third-order valence-electron chi connectivity index (χ3n) is 11.6. The van der Waals surface area contributed by atoms with Gasteiger partial charge in [0.2, 0.25) is 5.72 Å². The van der Waals surface area contributed by atoms with Crippen LogP contribution >= 0.6 is 0 Å². The predicted octanol–water partition coefficient (Wildman–Crippen LogP) is 16.7. The first-order chi connectivity index (χ1) is 32.7. The van der Waals surface area contributed by atoms with Crippen LogP contribution in [-0.4, -0.2) is 44.3 Å². The first kappa shape index (κ1) is 61.0. The standard InChI is InChI=1S/C46H55BF18NO5/c1-7-13-15-17-19-66(20-18-16-14-8-2,38(9-3)67-11-5)40(10-4,68-12-6)39-36(46(63,64)65)27-33(45(60,61)62)28-37(39)71-47(69-34-23-29(41(48,49)50)21-30(24-34)42(51,52)53)70-35-25-31(43(54,55)56)22-32(26-35)44(57,58)59/h21-28,38H,7-20H2,1-6H3/q+1. The summed E-state index contributed by atoms with van der Waals surface area (Å²) in [4.78, 5) is 0. The van der Waals surface area contributed by atoms with Crippen molar-refractivity contribution in [2.75, 3.05) is 26.3 Å². The number of benzene rings is 3. The fraction of sp³-hybridized carbons (Fsp3) is 0.609. The zero-order chi connectivity index (χ0) is 54.0. The molecule has 25 heteroatoms. The Labute approximate surface area is 399 Å². The average molecular weight is 1050 g/mol. The van der Waals surface area contributed by atoms with E-state index in [1.165, 1.54) is 13.8 Å². The van der Waals surface area contributed by atoms with Crippen molar-refractivity contribution in [1.29, 1.82) is 0 Å². The number of quaternary nitrogens is 1. The van der Waals surface area contributed by atoms with Crippen LogP contribution in [0, 0.1) is 0 Å². The zero-order valence-electron chi connectivity index (χ0n) is 39.5. The van der Waals surface area contributed by atoms with E-state index in [9.17, 15) is 65.9 Å². The lowest BCUT2D eigenvalue weighted by atomic mass is 9.85. The summed E-state index contributed by atoms with van der Waals surface area (Å²) in [5.74, 6) is -4.82. The normalized spacial score (nSPS) is 14.6. The highest BCUT2D eigenvalue weighted by Crippen LogP contribution is 2.54. The van der Waals surface area contributed by atoms with Crippen LogP contribution in [0.5, 0.6) is 17.2 Å². The zero-order valence-corrected chi connectivity index (χ0v) is 39.5. The number of ether oxygens (including phenoxy) is 2. The Hall–Kier alpha value is -4.26. The molecule has 2 atom stereocenters. The van der Waals surface area contributed by atoms with Crippen molar-refractivity contribution in [3.05, 3.63) is 87.5 Å².